The lowest BCUT2D eigenvalue weighted by Gasteiger charge is -2.26. The summed E-state index contributed by atoms with van der Waals surface area (Å²) in [7, 11) is 0. The molecule has 2 aliphatic rings. The highest BCUT2D eigenvalue weighted by molar-refractivity contribution is 5.92. The van der Waals surface area contributed by atoms with Crippen molar-refractivity contribution in [1.29, 1.82) is 0 Å². The van der Waals surface area contributed by atoms with E-state index in [2.05, 4.69) is 34.4 Å². The standard InChI is InChI=1S/C14H24N6O/c1-3-18(4-2)11-5-6-19(9-11)14(21)13-10-20(17-16-13)12-7-15-8-12/h10-12,15H,3-9H2,1-2H3. The molecule has 0 spiro atoms. The van der Waals surface area contributed by atoms with Crippen LogP contribution < -0.4 is 5.32 Å². The van der Waals surface area contributed by atoms with Crippen LogP contribution in [0.15, 0.2) is 6.20 Å². The molecule has 21 heavy (non-hydrogen) atoms. The van der Waals surface area contributed by atoms with Crippen molar-refractivity contribution < 1.29 is 4.79 Å². The first-order chi connectivity index (χ1) is 10.2. The maximum Gasteiger partial charge on any atom is 0.276 e. The number of carbonyl (C=O) groups excluding carboxylic acids is 1. The highest BCUT2D eigenvalue weighted by Crippen LogP contribution is 2.18. The van der Waals surface area contributed by atoms with Gasteiger partial charge in [0.1, 0.15) is 0 Å². The van der Waals surface area contributed by atoms with Crippen molar-refractivity contribution in [2.45, 2.75) is 32.4 Å². The third-order valence-corrected chi connectivity index (χ3v) is 4.64. The fourth-order valence-corrected chi connectivity index (χ4v) is 3.14. The van der Waals surface area contributed by atoms with Crippen LogP contribution in [0.4, 0.5) is 0 Å². The molecular weight excluding hydrogens is 268 g/mol. The highest BCUT2D eigenvalue weighted by atomic mass is 16.2. The van der Waals surface area contributed by atoms with Crippen LogP contribution in [0, 0.1) is 0 Å². The van der Waals surface area contributed by atoms with Gasteiger partial charge in [-0.2, -0.15) is 0 Å². The number of nitrogens with one attached hydrogen (secondary N) is 1. The zero-order valence-electron chi connectivity index (χ0n) is 12.8. The lowest BCUT2D eigenvalue weighted by atomic mass is 10.2. The number of likely N-dealkylation sites (N-methyl/N-ethyl adjacent to an activating group) is 1. The normalized spacial score (nSPS) is 22.8. The van der Waals surface area contributed by atoms with Crippen molar-refractivity contribution in [3.8, 4) is 0 Å². The molecule has 0 saturated carbocycles. The van der Waals surface area contributed by atoms with Gasteiger partial charge < -0.3 is 10.2 Å². The van der Waals surface area contributed by atoms with Gasteiger partial charge in [-0.25, -0.2) is 4.68 Å². The first-order valence-corrected chi connectivity index (χ1v) is 7.88. The molecule has 1 amide bonds. The van der Waals surface area contributed by atoms with Gasteiger partial charge in [-0.15, -0.1) is 5.10 Å². The molecule has 0 radical (unpaired) electrons. The lowest BCUT2D eigenvalue weighted by Crippen LogP contribution is -2.43. The first kappa shape index (κ1) is 14.5. The van der Waals surface area contributed by atoms with Crippen molar-refractivity contribution >= 4 is 5.91 Å². The number of nitrogens with zero attached hydrogens (tertiary/aromatic N) is 5. The molecule has 2 fully saturated rings. The van der Waals surface area contributed by atoms with Gasteiger partial charge >= 0.3 is 0 Å². The average molecular weight is 292 g/mol. The Labute approximate surface area is 125 Å². The maximum atomic E-state index is 12.5. The molecule has 1 atom stereocenters. The molecule has 0 aliphatic carbocycles. The summed E-state index contributed by atoms with van der Waals surface area (Å²) in [5, 5.41) is 11.3. The van der Waals surface area contributed by atoms with E-state index in [1.54, 1.807) is 6.20 Å². The molecule has 0 bridgehead atoms. The second-order valence-electron chi connectivity index (χ2n) is 5.81. The lowest BCUT2D eigenvalue weighted by molar-refractivity contribution is 0.0772. The Morgan fingerprint density at radius 1 is 1.43 bits per heavy atom. The average Bonchev–Trinajstić information content (AvgIpc) is 3.07. The summed E-state index contributed by atoms with van der Waals surface area (Å²) in [5.41, 5.74) is 0.474. The van der Waals surface area contributed by atoms with Crippen molar-refractivity contribution in [3.05, 3.63) is 11.9 Å². The third-order valence-electron chi connectivity index (χ3n) is 4.64. The van der Waals surface area contributed by atoms with Gasteiger partial charge in [0.05, 0.1) is 12.2 Å². The van der Waals surface area contributed by atoms with E-state index in [1.165, 1.54) is 0 Å². The molecule has 2 aliphatic heterocycles. The van der Waals surface area contributed by atoms with E-state index in [-0.39, 0.29) is 5.91 Å². The number of hydrogen-bond acceptors (Lipinski definition) is 5. The molecule has 0 aromatic carbocycles. The first-order valence-electron chi connectivity index (χ1n) is 7.88. The predicted molar refractivity (Wildman–Crippen MR) is 79.2 cm³/mol. The predicted octanol–water partition coefficient (Wildman–Crippen LogP) is -0.0213. The molecule has 7 nitrogen and oxygen atoms in total. The summed E-state index contributed by atoms with van der Waals surface area (Å²) in [4.78, 5) is 16.8. The van der Waals surface area contributed by atoms with Crippen LogP contribution in [0.2, 0.25) is 0 Å². The Morgan fingerprint density at radius 2 is 2.19 bits per heavy atom. The molecule has 1 aromatic rings. The number of aromatic nitrogens is 3. The van der Waals surface area contributed by atoms with E-state index in [0.717, 1.165) is 45.7 Å². The number of likely N-dealkylation sites (tertiary alicyclic amines) is 1. The minimum atomic E-state index is 0.0168. The zero-order valence-corrected chi connectivity index (χ0v) is 12.8. The molecule has 3 heterocycles. The van der Waals surface area contributed by atoms with E-state index in [1.807, 2.05) is 9.58 Å². The maximum absolute atomic E-state index is 12.5. The highest BCUT2D eigenvalue weighted by Gasteiger charge is 2.31. The molecule has 1 unspecified atom stereocenters. The quantitative estimate of drug-likeness (QED) is 0.826. The Morgan fingerprint density at radius 3 is 2.81 bits per heavy atom. The fraction of sp³-hybridized carbons (Fsp3) is 0.786. The second-order valence-corrected chi connectivity index (χ2v) is 5.81. The minimum Gasteiger partial charge on any atom is -0.336 e. The van der Waals surface area contributed by atoms with Gasteiger partial charge in [-0.05, 0) is 19.5 Å². The Hall–Kier alpha value is -1.47. The van der Waals surface area contributed by atoms with Crippen molar-refractivity contribution in [3.63, 3.8) is 0 Å². The second kappa shape index (κ2) is 6.11. The Bertz CT molecular complexity index is 493. The van der Waals surface area contributed by atoms with Crippen LogP contribution in [0.3, 0.4) is 0 Å². The summed E-state index contributed by atoms with van der Waals surface area (Å²) in [5.74, 6) is 0.0168. The summed E-state index contributed by atoms with van der Waals surface area (Å²) < 4.78 is 1.81. The van der Waals surface area contributed by atoms with E-state index in [9.17, 15) is 4.79 Å². The zero-order chi connectivity index (χ0) is 14.8. The molecule has 1 aromatic heterocycles. The fourth-order valence-electron chi connectivity index (χ4n) is 3.14. The monoisotopic (exact) mass is 292 g/mol. The third kappa shape index (κ3) is 2.80. The van der Waals surface area contributed by atoms with E-state index < -0.39 is 0 Å². The Balaban J connectivity index is 1.62. The summed E-state index contributed by atoms with van der Waals surface area (Å²) in [6.45, 7) is 9.85. The number of amides is 1. The van der Waals surface area contributed by atoms with Gasteiger partial charge in [-0.3, -0.25) is 9.69 Å². The number of carbonyl (C=O) groups is 1. The molecule has 116 valence electrons. The molecule has 1 N–H and O–H groups in total. The molecule has 7 heteroatoms. The largest absolute Gasteiger partial charge is 0.336 e. The summed E-state index contributed by atoms with van der Waals surface area (Å²) >= 11 is 0. The van der Waals surface area contributed by atoms with Gasteiger partial charge in [0.15, 0.2) is 5.69 Å². The van der Waals surface area contributed by atoms with E-state index in [0.29, 0.717) is 17.8 Å². The van der Waals surface area contributed by atoms with Crippen LogP contribution in [-0.2, 0) is 0 Å². The SMILES string of the molecule is CCN(CC)C1CCN(C(=O)c2cn(C3CNC3)nn2)C1. The number of hydrogen-bond donors (Lipinski definition) is 1. The summed E-state index contributed by atoms with van der Waals surface area (Å²) in [6, 6.07) is 0.830. The van der Waals surface area contributed by atoms with Crippen LogP contribution in [0.25, 0.3) is 0 Å². The van der Waals surface area contributed by atoms with E-state index in [4.69, 9.17) is 0 Å². The van der Waals surface area contributed by atoms with Crippen molar-refractivity contribution in [2.75, 3.05) is 39.3 Å². The van der Waals surface area contributed by atoms with Gasteiger partial charge in [0.2, 0.25) is 0 Å². The molecule has 3 rings (SSSR count). The summed E-state index contributed by atoms with van der Waals surface area (Å²) in [6.07, 6.45) is 2.84. The minimum absolute atomic E-state index is 0.0168. The van der Waals surface area contributed by atoms with E-state index >= 15 is 0 Å². The Kier molecular flexibility index (Phi) is 4.21. The van der Waals surface area contributed by atoms with Crippen molar-refractivity contribution in [2.24, 2.45) is 0 Å². The molecular formula is C14H24N6O. The van der Waals surface area contributed by atoms with Gasteiger partial charge in [0, 0.05) is 32.2 Å². The smallest absolute Gasteiger partial charge is 0.276 e. The topological polar surface area (TPSA) is 66.3 Å². The van der Waals surface area contributed by atoms with Crippen LogP contribution in [0.5, 0.6) is 0 Å². The number of rotatable bonds is 5. The molecule has 2 saturated heterocycles. The van der Waals surface area contributed by atoms with Gasteiger partial charge in [-0.1, -0.05) is 19.1 Å². The van der Waals surface area contributed by atoms with Crippen LogP contribution in [0.1, 0.15) is 36.8 Å². The van der Waals surface area contributed by atoms with Crippen molar-refractivity contribution in [1.82, 2.24) is 30.1 Å². The van der Waals surface area contributed by atoms with Crippen LogP contribution >= 0.6 is 0 Å². The van der Waals surface area contributed by atoms with Gasteiger partial charge in [0.25, 0.3) is 5.91 Å². The van der Waals surface area contributed by atoms with Crippen LogP contribution in [-0.4, -0.2) is 76.0 Å².